The van der Waals surface area contributed by atoms with Crippen LogP contribution in [0.5, 0.6) is 0 Å². The predicted octanol–water partition coefficient (Wildman–Crippen LogP) is 3.10. The molecule has 0 radical (unpaired) electrons. The Morgan fingerprint density at radius 1 is 1.00 bits per heavy atom. The van der Waals surface area contributed by atoms with Crippen LogP contribution in [0.1, 0.15) is 27.0 Å². The zero-order valence-corrected chi connectivity index (χ0v) is 15.3. The molecule has 30 heavy (non-hydrogen) atoms. The fourth-order valence-corrected chi connectivity index (χ4v) is 3.63. The number of nitrogens with two attached hydrogens (primary N) is 2. The molecule has 1 unspecified atom stereocenters. The molecule has 5 N–H and O–H groups in total. The number of halogens is 3. The summed E-state index contributed by atoms with van der Waals surface area (Å²) in [7, 11) is 0. The van der Waals surface area contributed by atoms with Gasteiger partial charge in [0.1, 0.15) is 11.6 Å². The zero-order valence-electron chi connectivity index (χ0n) is 15.3. The summed E-state index contributed by atoms with van der Waals surface area (Å²) in [6.45, 7) is 0. The lowest BCUT2D eigenvalue weighted by molar-refractivity contribution is 0.0681. The Labute approximate surface area is 169 Å². The van der Waals surface area contributed by atoms with E-state index in [4.69, 9.17) is 17.9 Å². The van der Waals surface area contributed by atoms with Crippen LogP contribution in [0.4, 0.5) is 30.2 Å². The number of benzene rings is 3. The van der Waals surface area contributed by atoms with Gasteiger partial charge in [-0.25, -0.2) is 13.2 Å². The molecule has 3 aromatic rings. The number of amides is 1. The quantitative estimate of drug-likeness (QED) is 0.448. The highest BCUT2D eigenvalue weighted by Gasteiger charge is 2.54. The van der Waals surface area contributed by atoms with Crippen LogP contribution in [0.15, 0.2) is 48.5 Å². The molecular weight excluding hydrogens is 395 g/mol. The first-order valence-corrected chi connectivity index (χ1v) is 8.67. The van der Waals surface area contributed by atoms with Gasteiger partial charge in [-0.3, -0.25) is 9.69 Å². The lowest BCUT2D eigenvalue weighted by Gasteiger charge is -2.35. The van der Waals surface area contributed by atoms with Crippen molar-refractivity contribution in [3.05, 3.63) is 88.2 Å². The molecular formula is C22H14F3N3O2. The highest BCUT2D eigenvalue weighted by molar-refractivity contribution is 6.12. The third-order valence-corrected chi connectivity index (χ3v) is 5.06. The molecule has 8 heteroatoms. The summed E-state index contributed by atoms with van der Waals surface area (Å²) in [6, 6.07) is 9.15. The highest BCUT2D eigenvalue weighted by Crippen LogP contribution is 2.48. The summed E-state index contributed by atoms with van der Waals surface area (Å²) < 4.78 is 44.5. The SMILES string of the molecule is C#Cc1cccc(N2C(=O)c3c(F)ccc(F)c3C2(O)c2ccc(N)c(N)c2)c1F. The van der Waals surface area contributed by atoms with Crippen LogP contribution in [0.3, 0.4) is 0 Å². The summed E-state index contributed by atoms with van der Waals surface area (Å²) in [5.41, 5.74) is 6.95. The molecule has 0 saturated heterocycles. The monoisotopic (exact) mass is 409 g/mol. The fourth-order valence-electron chi connectivity index (χ4n) is 3.63. The molecule has 5 nitrogen and oxygen atoms in total. The molecule has 3 aromatic carbocycles. The van der Waals surface area contributed by atoms with Crippen molar-refractivity contribution < 1.29 is 23.1 Å². The van der Waals surface area contributed by atoms with Gasteiger partial charge in [0.2, 0.25) is 5.72 Å². The van der Waals surface area contributed by atoms with Gasteiger partial charge in [0.25, 0.3) is 5.91 Å². The van der Waals surface area contributed by atoms with Crippen molar-refractivity contribution in [2.24, 2.45) is 0 Å². The summed E-state index contributed by atoms with van der Waals surface area (Å²) in [5.74, 6) is -2.17. The minimum absolute atomic E-state index is 0.0245. The summed E-state index contributed by atoms with van der Waals surface area (Å²) in [5, 5.41) is 11.7. The van der Waals surface area contributed by atoms with E-state index in [1.165, 1.54) is 36.4 Å². The van der Waals surface area contributed by atoms with E-state index in [1.807, 2.05) is 0 Å². The molecule has 0 saturated carbocycles. The molecule has 0 fully saturated rings. The van der Waals surface area contributed by atoms with Gasteiger partial charge in [0.05, 0.1) is 33.8 Å². The molecule has 150 valence electrons. The Bertz CT molecular complexity index is 1270. The second kappa shape index (κ2) is 6.54. The number of anilines is 3. The van der Waals surface area contributed by atoms with E-state index >= 15 is 4.39 Å². The molecule has 1 amide bonds. The second-order valence-electron chi connectivity index (χ2n) is 6.72. The van der Waals surface area contributed by atoms with E-state index in [0.717, 1.165) is 12.1 Å². The van der Waals surface area contributed by atoms with Crippen LogP contribution in [0, 0.1) is 29.8 Å². The van der Waals surface area contributed by atoms with Crippen LogP contribution in [0.2, 0.25) is 0 Å². The lowest BCUT2D eigenvalue weighted by atomic mass is 9.92. The standard InChI is InChI=1S/C22H14F3N3O2/c1-2-11-4-3-5-17(20(11)25)28-21(29)18-13(23)7-8-14(24)19(18)22(28,30)12-6-9-15(26)16(27)10-12/h1,3-10,30H,26-27H2. The molecule has 1 atom stereocenters. The summed E-state index contributed by atoms with van der Waals surface area (Å²) in [4.78, 5) is 13.7. The molecule has 1 aliphatic rings. The molecule has 1 heterocycles. The Kier molecular flexibility index (Phi) is 4.22. The second-order valence-corrected chi connectivity index (χ2v) is 6.72. The molecule has 0 aliphatic carbocycles. The van der Waals surface area contributed by atoms with Crippen LogP contribution in [-0.4, -0.2) is 11.0 Å². The van der Waals surface area contributed by atoms with Crippen molar-refractivity contribution in [1.29, 1.82) is 0 Å². The number of rotatable bonds is 2. The smallest absolute Gasteiger partial charge is 0.264 e. The number of hydrogen-bond acceptors (Lipinski definition) is 4. The van der Waals surface area contributed by atoms with Crippen LogP contribution in [-0.2, 0) is 5.72 Å². The van der Waals surface area contributed by atoms with E-state index in [2.05, 4.69) is 5.92 Å². The zero-order chi connectivity index (χ0) is 21.8. The van der Waals surface area contributed by atoms with Crippen LogP contribution < -0.4 is 16.4 Å². The number of nitrogen functional groups attached to an aromatic ring is 2. The first-order valence-electron chi connectivity index (χ1n) is 8.67. The Morgan fingerprint density at radius 2 is 1.70 bits per heavy atom. The summed E-state index contributed by atoms with van der Waals surface area (Å²) >= 11 is 0. The molecule has 0 aromatic heterocycles. The molecule has 1 aliphatic heterocycles. The molecule has 0 spiro atoms. The number of carbonyl (C=O) groups excluding carboxylic acids is 1. The Morgan fingerprint density at radius 3 is 2.37 bits per heavy atom. The van der Waals surface area contributed by atoms with Gasteiger partial charge in [-0.05, 0) is 36.4 Å². The van der Waals surface area contributed by atoms with Crippen LogP contribution in [0.25, 0.3) is 0 Å². The van der Waals surface area contributed by atoms with Crippen molar-refractivity contribution in [3.8, 4) is 12.3 Å². The maximum atomic E-state index is 15.0. The number of hydrogen-bond donors (Lipinski definition) is 3. The first-order chi connectivity index (χ1) is 14.2. The number of terminal acetylenes is 1. The van der Waals surface area contributed by atoms with E-state index in [9.17, 15) is 18.7 Å². The first kappa shape index (κ1) is 19.4. The minimum atomic E-state index is -2.62. The predicted molar refractivity (Wildman–Crippen MR) is 106 cm³/mol. The van der Waals surface area contributed by atoms with Crippen molar-refractivity contribution in [2.45, 2.75) is 5.72 Å². The maximum Gasteiger partial charge on any atom is 0.264 e. The van der Waals surface area contributed by atoms with Crippen molar-refractivity contribution in [2.75, 3.05) is 16.4 Å². The lowest BCUT2D eigenvalue weighted by Crippen LogP contribution is -2.46. The van der Waals surface area contributed by atoms with E-state index in [-0.39, 0.29) is 22.5 Å². The third-order valence-electron chi connectivity index (χ3n) is 5.06. The number of nitrogens with zero attached hydrogens (tertiary/aromatic N) is 1. The van der Waals surface area contributed by atoms with Gasteiger partial charge in [0.15, 0.2) is 5.82 Å². The number of aliphatic hydroxyl groups is 1. The van der Waals surface area contributed by atoms with Gasteiger partial charge >= 0.3 is 0 Å². The van der Waals surface area contributed by atoms with Gasteiger partial charge in [-0.1, -0.05) is 18.1 Å². The van der Waals surface area contributed by atoms with Gasteiger partial charge in [0, 0.05) is 5.56 Å². The average molecular weight is 409 g/mol. The average Bonchev–Trinajstić information content (AvgIpc) is 2.96. The van der Waals surface area contributed by atoms with Crippen LogP contribution >= 0.6 is 0 Å². The number of fused-ring (bicyclic) bond motifs is 1. The van der Waals surface area contributed by atoms with Crippen molar-refractivity contribution >= 4 is 23.0 Å². The Hall–Kier alpha value is -3.96. The maximum absolute atomic E-state index is 15.0. The van der Waals surface area contributed by atoms with Gasteiger partial charge < -0.3 is 16.6 Å². The van der Waals surface area contributed by atoms with E-state index < -0.39 is 45.9 Å². The highest BCUT2D eigenvalue weighted by atomic mass is 19.1. The molecule has 4 rings (SSSR count). The van der Waals surface area contributed by atoms with Crippen molar-refractivity contribution in [1.82, 2.24) is 0 Å². The molecule has 0 bridgehead atoms. The topological polar surface area (TPSA) is 92.6 Å². The van der Waals surface area contributed by atoms with Gasteiger partial charge in [-0.15, -0.1) is 6.42 Å². The van der Waals surface area contributed by atoms with Gasteiger partial charge in [-0.2, -0.15) is 0 Å². The van der Waals surface area contributed by atoms with Crippen molar-refractivity contribution in [3.63, 3.8) is 0 Å². The third kappa shape index (κ3) is 2.46. The summed E-state index contributed by atoms with van der Waals surface area (Å²) in [6.07, 6.45) is 5.29. The minimum Gasteiger partial charge on any atom is -0.397 e. The Balaban J connectivity index is 2.11. The fraction of sp³-hybridized carbons (Fsp3) is 0.0455. The number of carbonyl (C=O) groups is 1. The largest absolute Gasteiger partial charge is 0.397 e. The van der Waals surface area contributed by atoms with E-state index in [0.29, 0.717) is 4.90 Å². The van der Waals surface area contributed by atoms with E-state index in [1.54, 1.807) is 0 Å². The normalized spacial score (nSPS) is 17.7.